The smallest absolute Gasteiger partial charge is 0.331 e. The number of aldehydes is 1. The predicted molar refractivity (Wildman–Crippen MR) is 64.5 cm³/mol. The van der Waals surface area contributed by atoms with E-state index in [1.807, 2.05) is 18.2 Å². The molecule has 0 radical (unpaired) electrons. The average Bonchev–Trinajstić information content (AvgIpc) is 2.42. The quantitative estimate of drug-likeness (QED) is 0.434. The van der Waals surface area contributed by atoms with Crippen LogP contribution < -0.4 is 5.73 Å². The normalized spacial score (nSPS) is 11.6. The molecule has 0 heterocycles. The van der Waals surface area contributed by atoms with Crippen molar-refractivity contribution >= 4 is 18.0 Å². The number of carbonyl (C=O) groups is 3. The molecule has 1 unspecified atom stereocenters. The van der Waals surface area contributed by atoms with Gasteiger partial charge in [0.1, 0.15) is 12.9 Å². The van der Waals surface area contributed by atoms with E-state index in [-0.39, 0.29) is 19.4 Å². The van der Waals surface area contributed by atoms with E-state index < -0.39 is 17.8 Å². The van der Waals surface area contributed by atoms with Crippen LogP contribution >= 0.6 is 0 Å². The van der Waals surface area contributed by atoms with Crippen LogP contribution in [0.1, 0.15) is 18.4 Å². The van der Waals surface area contributed by atoms with Crippen LogP contribution in [0, 0.1) is 0 Å². The summed E-state index contributed by atoms with van der Waals surface area (Å²) < 4.78 is 4.92. The largest absolute Gasteiger partial charge is 0.459 e. The first kappa shape index (κ1) is 14.1. The van der Waals surface area contributed by atoms with E-state index >= 15 is 0 Å². The van der Waals surface area contributed by atoms with Gasteiger partial charge in [0.2, 0.25) is 0 Å². The molecule has 5 nitrogen and oxygen atoms in total. The van der Waals surface area contributed by atoms with Gasteiger partial charge in [0.15, 0.2) is 11.8 Å². The van der Waals surface area contributed by atoms with Crippen LogP contribution in [0.3, 0.4) is 0 Å². The van der Waals surface area contributed by atoms with Crippen molar-refractivity contribution in [1.29, 1.82) is 0 Å². The fraction of sp³-hybridized carbons (Fsp3) is 0.308. The van der Waals surface area contributed by atoms with E-state index in [1.54, 1.807) is 12.1 Å². The summed E-state index contributed by atoms with van der Waals surface area (Å²) >= 11 is 0. The first-order chi connectivity index (χ1) is 8.65. The van der Waals surface area contributed by atoms with E-state index in [2.05, 4.69) is 0 Å². The Morgan fingerprint density at radius 3 is 2.56 bits per heavy atom. The molecular formula is C13H15NO4. The Morgan fingerprint density at radius 1 is 1.28 bits per heavy atom. The lowest BCUT2D eigenvalue weighted by molar-refractivity contribution is -0.149. The number of hydrogen-bond donors (Lipinski definition) is 1. The number of hydrogen-bond acceptors (Lipinski definition) is 5. The Labute approximate surface area is 105 Å². The third-order valence-corrected chi connectivity index (χ3v) is 2.33. The van der Waals surface area contributed by atoms with E-state index in [1.165, 1.54) is 0 Å². The number of ketones is 1. The zero-order valence-electron chi connectivity index (χ0n) is 9.87. The van der Waals surface area contributed by atoms with Crippen molar-refractivity contribution in [3.05, 3.63) is 35.9 Å². The van der Waals surface area contributed by atoms with Crippen molar-refractivity contribution in [1.82, 2.24) is 0 Å². The zero-order chi connectivity index (χ0) is 13.4. The fourth-order valence-corrected chi connectivity index (χ4v) is 1.31. The van der Waals surface area contributed by atoms with Gasteiger partial charge in [-0.15, -0.1) is 0 Å². The third-order valence-electron chi connectivity index (χ3n) is 2.33. The molecule has 1 aromatic rings. The molecule has 0 saturated heterocycles. The highest BCUT2D eigenvalue weighted by Crippen LogP contribution is 2.02. The standard InChI is InChI=1S/C13H15NO4/c14-12(11(16)7-4-8-15)13(17)18-9-10-5-2-1-3-6-10/h1-3,5-6,8,12H,4,7,9,14H2. The minimum Gasteiger partial charge on any atom is -0.459 e. The van der Waals surface area contributed by atoms with Crippen molar-refractivity contribution < 1.29 is 19.1 Å². The van der Waals surface area contributed by atoms with Crippen LogP contribution in [0.25, 0.3) is 0 Å². The molecule has 0 aromatic heterocycles. The number of carbonyl (C=O) groups excluding carboxylic acids is 3. The molecule has 1 atom stereocenters. The lowest BCUT2D eigenvalue weighted by Crippen LogP contribution is -2.39. The van der Waals surface area contributed by atoms with Crippen LogP contribution in [0.4, 0.5) is 0 Å². The lowest BCUT2D eigenvalue weighted by atomic mass is 10.1. The lowest BCUT2D eigenvalue weighted by Gasteiger charge is -2.10. The number of Topliss-reactive ketones (excluding diaryl/α,β-unsaturated/α-hetero) is 1. The molecule has 0 saturated carbocycles. The van der Waals surface area contributed by atoms with Crippen molar-refractivity contribution in [2.45, 2.75) is 25.5 Å². The minimum absolute atomic E-state index is 0.0366. The summed E-state index contributed by atoms with van der Waals surface area (Å²) in [7, 11) is 0. The number of nitrogens with two attached hydrogens (primary N) is 1. The molecule has 0 bridgehead atoms. The third kappa shape index (κ3) is 4.47. The molecule has 0 spiro atoms. The summed E-state index contributed by atoms with van der Waals surface area (Å²) in [4.78, 5) is 32.9. The molecular weight excluding hydrogens is 234 g/mol. The van der Waals surface area contributed by atoms with Crippen LogP contribution in [0.5, 0.6) is 0 Å². The molecule has 1 aromatic carbocycles. The Kier molecular flexibility index (Phi) is 5.73. The van der Waals surface area contributed by atoms with E-state index in [0.29, 0.717) is 6.29 Å². The molecule has 0 amide bonds. The number of benzene rings is 1. The highest BCUT2D eigenvalue weighted by molar-refractivity contribution is 6.03. The summed E-state index contributed by atoms with van der Waals surface area (Å²) in [5.74, 6) is -1.25. The van der Waals surface area contributed by atoms with Crippen LogP contribution in [0.2, 0.25) is 0 Å². The van der Waals surface area contributed by atoms with Crippen molar-refractivity contribution in [3.8, 4) is 0 Å². The van der Waals surface area contributed by atoms with E-state index in [4.69, 9.17) is 10.5 Å². The Bertz CT molecular complexity index is 416. The maximum Gasteiger partial charge on any atom is 0.331 e. The van der Waals surface area contributed by atoms with Gasteiger partial charge in [0.25, 0.3) is 0 Å². The van der Waals surface area contributed by atoms with E-state index in [0.717, 1.165) is 5.56 Å². The first-order valence-electron chi connectivity index (χ1n) is 5.57. The van der Waals surface area contributed by atoms with Crippen molar-refractivity contribution in [3.63, 3.8) is 0 Å². The van der Waals surface area contributed by atoms with Gasteiger partial charge in [-0.05, 0) is 5.56 Å². The molecule has 2 N–H and O–H groups in total. The maximum atomic E-state index is 11.5. The number of ether oxygens (including phenoxy) is 1. The molecule has 0 aliphatic heterocycles. The molecule has 0 aliphatic rings. The van der Waals surface area contributed by atoms with Crippen LogP contribution in [0.15, 0.2) is 30.3 Å². The first-order valence-corrected chi connectivity index (χ1v) is 5.57. The number of esters is 1. The summed E-state index contributed by atoms with van der Waals surface area (Å²) in [5.41, 5.74) is 6.24. The number of rotatable bonds is 7. The maximum absolute atomic E-state index is 11.5. The fourth-order valence-electron chi connectivity index (χ4n) is 1.31. The van der Waals surface area contributed by atoms with E-state index in [9.17, 15) is 14.4 Å². The minimum atomic E-state index is -1.31. The summed E-state index contributed by atoms with van der Waals surface area (Å²) in [6.45, 7) is 0.0777. The van der Waals surface area contributed by atoms with Gasteiger partial charge in [-0.2, -0.15) is 0 Å². The van der Waals surface area contributed by atoms with Gasteiger partial charge in [-0.1, -0.05) is 30.3 Å². The van der Waals surface area contributed by atoms with Gasteiger partial charge in [-0.3, -0.25) is 4.79 Å². The summed E-state index contributed by atoms with van der Waals surface area (Å²) in [6.07, 6.45) is 0.642. The van der Waals surface area contributed by atoms with Gasteiger partial charge in [0.05, 0.1) is 0 Å². The monoisotopic (exact) mass is 249 g/mol. The SMILES string of the molecule is NC(C(=O)CCC=O)C(=O)OCc1ccccc1. The average molecular weight is 249 g/mol. The second-order valence-electron chi connectivity index (χ2n) is 3.74. The molecule has 0 aliphatic carbocycles. The molecule has 18 heavy (non-hydrogen) atoms. The van der Waals surface area contributed by atoms with Gasteiger partial charge in [0, 0.05) is 12.8 Å². The highest BCUT2D eigenvalue weighted by Gasteiger charge is 2.22. The molecule has 1 rings (SSSR count). The van der Waals surface area contributed by atoms with Crippen molar-refractivity contribution in [2.24, 2.45) is 5.73 Å². The van der Waals surface area contributed by atoms with Crippen molar-refractivity contribution in [2.75, 3.05) is 0 Å². The molecule has 0 fully saturated rings. The van der Waals surface area contributed by atoms with Gasteiger partial charge >= 0.3 is 5.97 Å². The van der Waals surface area contributed by atoms with Crippen LogP contribution in [-0.2, 0) is 25.7 Å². The Morgan fingerprint density at radius 2 is 1.94 bits per heavy atom. The highest BCUT2D eigenvalue weighted by atomic mass is 16.5. The Balaban J connectivity index is 2.40. The summed E-state index contributed by atoms with van der Waals surface area (Å²) in [6, 6.07) is 7.77. The predicted octanol–water partition coefficient (Wildman–Crippen LogP) is 0.605. The molecule has 96 valence electrons. The van der Waals surface area contributed by atoms with Gasteiger partial charge in [-0.25, -0.2) is 4.79 Å². The Hall–Kier alpha value is -2.01. The second kappa shape index (κ2) is 7.34. The van der Waals surface area contributed by atoms with Crippen LogP contribution in [-0.4, -0.2) is 24.1 Å². The summed E-state index contributed by atoms with van der Waals surface area (Å²) in [5, 5.41) is 0. The van der Waals surface area contributed by atoms with Gasteiger partial charge < -0.3 is 15.3 Å². The molecule has 5 heteroatoms. The topological polar surface area (TPSA) is 86.5 Å². The zero-order valence-corrected chi connectivity index (χ0v) is 9.87. The second-order valence-corrected chi connectivity index (χ2v) is 3.74.